The van der Waals surface area contributed by atoms with Crippen LogP contribution in [0.15, 0.2) is 0 Å². The van der Waals surface area contributed by atoms with Crippen LogP contribution in [0, 0.1) is 5.41 Å². The van der Waals surface area contributed by atoms with Gasteiger partial charge in [-0.1, -0.05) is 20.8 Å². The third-order valence-corrected chi connectivity index (χ3v) is 3.36. The van der Waals surface area contributed by atoms with Crippen molar-refractivity contribution in [3.8, 4) is 0 Å². The lowest BCUT2D eigenvalue weighted by Gasteiger charge is -2.36. The van der Waals surface area contributed by atoms with Gasteiger partial charge in [-0.25, -0.2) is 0 Å². The highest BCUT2D eigenvalue weighted by Gasteiger charge is 2.30. The Hall–Kier alpha value is -0.710. The summed E-state index contributed by atoms with van der Waals surface area (Å²) < 4.78 is 4.54. The van der Waals surface area contributed by atoms with Crippen LogP contribution in [0.1, 0.15) is 20.8 Å². The van der Waals surface area contributed by atoms with Crippen molar-refractivity contribution in [2.75, 3.05) is 19.9 Å². The summed E-state index contributed by atoms with van der Waals surface area (Å²) in [5, 5.41) is -0.0332. The van der Waals surface area contributed by atoms with Gasteiger partial charge in [0, 0.05) is 0 Å². The molecule has 0 aromatic rings. The van der Waals surface area contributed by atoms with Crippen LogP contribution in [0.25, 0.3) is 0 Å². The van der Waals surface area contributed by atoms with Gasteiger partial charge >= 0.3 is 5.97 Å². The molecule has 0 spiro atoms. The first-order valence-electron chi connectivity index (χ1n) is 4.67. The standard InChI is InChI=1S/C10H19NO3S/c1-10(2,3)9(15-5)11(7-12)6-8(13)14-4/h7,9H,6H2,1-5H3. The third kappa shape index (κ3) is 4.55. The highest BCUT2D eigenvalue weighted by molar-refractivity contribution is 7.99. The first kappa shape index (κ1) is 14.3. The molecule has 4 nitrogen and oxygen atoms in total. The maximum absolute atomic E-state index is 11.1. The Morgan fingerprint density at radius 3 is 2.33 bits per heavy atom. The second-order valence-corrected chi connectivity index (χ2v) is 5.23. The molecule has 0 heterocycles. The molecule has 0 saturated carbocycles. The van der Waals surface area contributed by atoms with Gasteiger partial charge in [-0.3, -0.25) is 9.59 Å². The largest absolute Gasteiger partial charge is 0.468 e. The predicted molar refractivity (Wildman–Crippen MR) is 61.5 cm³/mol. The average molecular weight is 233 g/mol. The fraction of sp³-hybridized carbons (Fsp3) is 0.800. The molecule has 0 radical (unpaired) electrons. The average Bonchev–Trinajstić information content (AvgIpc) is 2.14. The Morgan fingerprint density at radius 1 is 1.53 bits per heavy atom. The van der Waals surface area contributed by atoms with E-state index in [4.69, 9.17) is 0 Å². The zero-order valence-electron chi connectivity index (χ0n) is 9.94. The molecule has 0 aliphatic heterocycles. The molecular formula is C10H19NO3S. The monoisotopic (exact) mass is 233 g/mol. The number of methoxy groups -OCH3 is 1. The molecule has 1 amide bonds. The van der Waals surface area contributed by atoms with Crippen LogP contribution in [0.2, 0.25) is 0 Å². The molecule has 0 aliphatic rings. The summed E-state index contributed by atoms with van der Waals surface area (Å²) in [5.74, 6) is -0.398. The number of amides is 1. The Bertz CT molecular complexity index is 225. The number of ether oxygens (including phenoxy) is 1. The molecule has 0 fully saturated rings. The Balaban J connectivity index is 4.62. The summed E-state index contributed by atoms with van der Waals surface area (Å²) in [6.45, 7) is 6.09. The van der Waals surface area contributed by atoms with Gasteiger partial charge < -0.3 is 9.64 Å². The minimum absolute atomic E-state index is 0.00275. The number of esters is 1. The molecule has 1 atom stereocenters. The van der Waals surface area contributed by atoms with Crippen molar-refractivity contribution in [1.82, 2.24) is 4.90 Å². The number of hydrogen-bond donors (Lipinski definition) is 0. The van der Waals surface area contributed by atoms with E-state index in [1.165, 1.54) is 12.0 Å². The molecular weight excluding hydrogens is 214 g/mol. The van der Waals surface area contributed by atoms with Gasteiger partial charge in [0.2, 0.25) is 6.41 Å². The highest BCUT2D eigenvalue weighted by Crippen LogP contribution is 2.30. The fourth-order valence-corrected chi connectivity index (χ4v) is 2.48. The van der Waals surface area contributed by atoms with Gasteiger partial charge in [0.15, 0.2) is 0 Å². The quantitative estimate of drug-likeness (QED) is 0.408. The van der Waals surface area contributed by atoms with Gasteiger partial charge in [-0.05, 0) is 11.7 Å². The van der Waals surface area contributed by atoms with Crippen LogP contribution in [0.4, 0.5) is 0 Å². The van der Waals surface area contributed by atoms with Crippen molar-refractivity contribution in [3.05, 3.63) is 0 Å². The second-order valence-electron chi connectivity index (χ2n) is 4.31. The minimum Gasteiger partial charge on any atom is -0.468 e. The zero-order chi connectivity index (χ0) is 12.1. The Kier molecular flexibility index (Phi) is 5.72. The van der Waals surface area contributed by atoms with E-state index in [0.29, 0.717) is 6.41 Å². The lowest BCUT2D eigenvalue weighted by atomic mass is 9.95. The number of carbonyl (C=O) groups excluding carboxylic acids is 2. The zero-order valence-corrected chi connectivity index (χ0v) is 10.8. The number of rotatable bonds is 5. The first-order valence-corrected chi connectivity index (χ1v) is 5.96. The van der Waals surface area contributed by atoms with E-state index in [-0.39, 0.29) is 17.3 Å². The molecule has 0 saturated heterocycles. The summed E-state index contributed by atoms with van der Waals surface area (Å²) in [5.41, 5.74) is -0.0751. The minimum atomic E-state index is -0.398. The third-order valence-electron chi connectivity index (χ3n) is 1.94. The lowest BCUT2D eigenvalue weighted by molar-refractivity contribution is -0.144. The van der Waals surface area contributed by atoms with Gasteiger partial charge in [0.1, 0.15) is 6.54 Å². The summed E-state index contributed by atoms with van der Waals surface area (Å²) in [4.78, 5) is 23.5. The number of carbonyl (C=O) groups is 2. The molecule has 88 valence electrons. The van der Waals surface area contributed by atoms with E-state index in [0.717, 1.165) is 0 Å². The number of nitrogens with zero attached hydrogens (tertiary/aromatic N) is 1. The van der Waals surface area contributed by atoms with Crippen LogP contribution in [-0.2, 0) is 14.3 Å². The molecule has 0 rings (SSSR count). The predicted octanol–water partition coefficient (Wildman–Crippen LogP) is 1.35. The van der Waals surface area contributed by atoms with Gasteiger partial charge in [-0.2, -0.15) is 0 Å². The van der Waals surface area contributed by atoms with Crippen molar-refractivity contribution in [2.45, 2.75) is 26.1 Å². The van der Waals surface area contributed by atoms with Crippen molar-refractivity contribution in [3.63, 3.8) is 0 Å². The Morgan fingerprint density at radius 2 is 2.07 bits per heavy atom. The second kappa shape index (κ2) is 6.00. The van der Waals surface area contributed by atoms with Crippen molar-refractivity contribution in [1.29, 1.82) is 0 Å². The summed E-state index contributed by atoms with van der Waals surface area (Å²) >= 11 is 1.55. The van der Waals surface area contributed by atoms with Crippen molar-refractivity contribution in [2.24, 2.45) is 5.41 Å². The lowest BCUT2D eigenvalue weighted by Crippen LogP contribution is -2.43. The maximum Gasteiger partial charge on any atom is 0.325 e. The van der Waals surface area contributed by atoms with Crippen LogP contribution < -0.4 is 0 Å². The van der Waals surface area contributed by atoms with Gasteiger partial charge in [0.05, 0.1) is 12.5 Å². The number of thioether (sulfide) groups is 1. The van der Waals surface area contributed by atoms with E-state index in [1.807, 2.05) is 27.0 Å². The maximum atomic E-state index is 11.1. The Labute approximate surface area is 95.3 Å². The topological polar surface area (TPSA) is 46.6 Å². The molecule has 15 heavy (non-hydrogen) atoms. The van der Waals surface area contributed by atoms with Crippen LogP contribution >= 0.6 is 11.8 Å². The highest BCUT2D eigenvalue weighted by atomic mass is 32.2. The van der Waals surface area contributed by atoms with E-state index in [9.17, 15) is 9.59 Å². The first-order chi connectivity index (χ1) is 6.86. The molecule has 0 N–H and O–H groups in total. The smallest absolute Gasteiger partial charge is 0.325 e. The van der Waals surface area contributed by atoms with Crippen molar-refractivity contribution >= 4 is 24.1 Å². The van der Waals surface area contributed by atoms with E-state index in [1.54, 1.807) is 11.8 Å². The normalized spacial score (nSPS) is 13.1. The van der Waals surface area contributed by atoms with E-state index >= 15 is 0 Å². The van der Waals surface area contributed by atoms with Gasteiger partial charge in [-0.15, -0.1) is 11.8 Å². The molecule has 0 aromatic heterocycles. The SMILES string of the molecule is COC(=O)CN(C=O)C(SC)C(C)(C)C. The summed E-state index contributed by atoms with van der Waals surface area (Å²) in [6, 6.07) is 0. The molecule has 0 aliphatic carbocycles. The van der Waals surface area contributed by atoms with E-state index in [2.05, 4.69) is 4.74 Å². The van der Waals surface area contributed by atoms with Crippen LogP contribution in [0.5, 0.6) is 0 Å². The van der Waals surface area contributed by atoms with Crippen LogP contribution in [-0.4, -0.2) is 42.6 Å². The summed E-state index contributed by atoms with van der Waals surface area (Å²) in [7, 11) is 1.32. The molecule has 5 heteroatoms. The molecule has 0 aromatic carbocycles. The molecule has 0 bridgehead atoms. The van der Waals surface area contributed by atoms with Crippen LogP contribution in [0.3, 0.4) is 0 Å². The van der Waals surface area contributed by atoms with Crippen molar-refractivity contribution < 1.29 is 14.3 Å². The fourth-order valence-electron chi connectivity index (χ4n) is 1.38. The molecule has 1 unspecified atom stereocenters. The number of hydrogen-bond acceptors (Lipinski definition) is 4. The van der Waals surface area contributed by atoms with E-state index < -0.39 is 5.97 Å². The van der Waals surface area contributed by atoms with Gasteiger partial charge in [0.25, 0.3) is 0 Å². The summed E-state index contributed by atoms with van der Waals surface area (Å²) in [6.07, 6.45) is 2.62.